The maximum atomic E-state index is 5.96. The van der Waals surface area contributed by atoms with Gasteiger partial charge < -0.3 is 5.73 Å². The summed E-state index contributed by atoms with van der Waals surface area (Å²) < 4.78 is 0. The second-order valence-corrected chi connectivity index (χ2v) is 5.81. The number of nitrogens with zero attached hydrogens (tertiary/aromatic N) is 1. The van der Waals surface area contributed by atoms with Crippen LogP contribution in [0.3, 0.4) is 0 Å². The zero-order valence-electron chi connectivity index (χ0n) is 12.0. The number of rotatable bonds is 7. The van der Waals surface area contributed by atoms with E-state index in [0.717, 1.165) is 12.5 Å². The van der Waals surface area contributed by atoms with Gasteiger partial charge in [-0.15, -0.1) is 0 Å². The third-order valence-electron chi connectivity index (χ3n) is 4.23. The molecule has 1 rings (SSSR count). The number of likely N-dealkylation sites (tertiary alicyclic amines) is 1. The highest BCUT2D eigenvalue weighted by atomic mass is 15.2. The Kier molecular flexibility index (Phi) is 7.87. The summed E-state index contributed by atoms with van der Waals surface area (Å²) in [7, 11) is 0. The van der Waals surface area contributed by atoms with Crippen molar-refractivity contribution in [3.8, 4) is 0 Å². The van der Waals surface area contributed by atoms with E-state index in [1.165, 1.54) is 64.5 Å². The maximum Gasteiger partial charge on any atom is 0.0218 e. The lowest BCUT2D eigenvalue weighted by Crippen LogP contribution is -2.41. The van der Waals surface area contributed by atoms with Crippen LogP contribution in [0.15, 0.2) is 0 Å². The van der Waals surface area contributed by atoms with Crippen molar-refractivity contribution < 1.29 is 0 Å². The van der Waals surface area contributed by atoms with Crippen molar-refractivity contribution in [2.45, 2.75) is 71.3 Å². The van der Waals surface area contributed by atoms with E-state index < -0.39 is 0 Å². The molecule has 1 aliphatic rings. The minimum atomic E-state index is 0.650. The molecule has 1 fully saturated rings. The highest BCUT2D eigenvalue weighted by molar-refractivity contribution is 4.76. The molecule has 0 saturated carbocycles. The number of nitrogens with two attached hydrogens (primary N) is 1. The summed E-state index contributed by atoms with van der Waals surface area (Å²) in [6.07, 6.45) is 10.9. The van der Waals surface area contributed by atoms with Gasteiger partial charge in [-0.1, -0.05) is 39.5 Å². The predicted molar refractivity (Wildman–Crippen MR) is 76.2 cm³/mol. The Morgan fingerprint density at radius 3 is 2.71 bits per heavy atom. The van der Waals surface area contributed by atoms with Crippen LogP contribution in [0.4, 0.5) is 0 Å². The van der Waals surface area contributed by atoms with Crippen molar-refractivity contribution in [3.05, 3.63) is 0 Å². The number of hydrogen-bond donors (Lipinski definition) is 1. The molecule has 0 radical (unpaired) electrons. The zero-order valence-corrected chi connectivity index (χ0v) is 12.0. The zero-order chi connectivity index (χ0) is 12.5. The Bertz CT molecular complexity index is 182. The molecule has 2 nitrogen and oxygen atoms in total. The van der Waals surface area contributed by atoms with E-state index in [0.29, 0.717) is 6.04 Å². The van der Waals surface area contributed by atoms with Crippen molar-refractivity contribution in [1.82, 2.24) is 4.90 Å². The summed E-state index contributed by atoms with van der Waals surface area (Å²) in [5.41, 5.74) is 5.96. The molecule has 0 amide bonds. The summed E-state index contributed by atoms with van der Waals surface area (Å²) in [6, 6.07) is 0.650. The lowest BCUT2D eigenvalue weighted by atomic mass is 10.0. The van der Waals surface area contributed by atoms with E-state index in [2.05, 4.69) is 18.7 Å². The van der Waals surface area contributed by atoms with Crippen LogP contribution in [0, 0.1) is 5.92 Å². The summed E-state index contributed by atoms with van der Waals surface area (Å²) in [4.78, 5) is 2.66. The molecule has 1 heterocycles. The van der Waals surface area contributed by atoms with E-state index in [-0.39, 0.29) is 0 Å². The normalized spacial score (nSPS) is 24.5. The Balaban J connectivity index is 2.27. The second kappa shape index (κ2) is 8.93. The van der Waals surface area contributed by atoms with Gasteiger partial charge in [0, 0.05) is 12.6 Å². The van der Waals surface area contributed by atoms with Crippen LogP contribution in [0.25, 0.3) is 0 Å². The predicted octanol–water partition coefficient (Wildman–Crippen LogP) is 3.41. The third kappa shape index (κ3) is 5.87. The number of unbranched alkanes of at least 4 members (excludes halogenated alkanes) is 3. The molecule has 2 N–H and O–H groups in total. The molecule has 0 bridgehead atoms. The minimum absolute atomic E-state index is 0.650. The minimum Gasteiger partial charge on any atom is -0.329 e. The van der Waals surface area contributed by atoms with Crippen LogP contribution in [0.1, 0.15) is 65.2 Å². The Hall–Kier alpha value is -0.0800. The summed E-state index contributed by atoms with van der Waals surface area (Å²) in [5.74, 6) is 0.915. The average molecular weight is 240 g/mol. The molecule has 0 aromatic rings. The van der Waals surface area contributed by atoms with Crippen LogP contribution in [-0.2, 0) is 0 Å². The van der Waals surface area contributed by atoms with Crippen molar-refractivity contribution >= 4 is 0 Å². The lowest BCUT2D eigenvalue weighted by Gasteiger charge is -2.29. The summed E-state index contributed by atoms with van der Waals surface area (Å²) >= 11 is 0. The van der Waals surface area contributed by atoms with E-state index in [1.54, 1.807) is 0 Å². The van der Waals surface area contributed by atoms with E-state index in [1.807, 2.05) is 0 Å². The Morgan fingerprint density at radius 1 is 1.18 bits per heavy atom. The van der Waals surface area contributed by atoms with Crippen molar-refractivity contribution in [2.24, 2.45) is 11.7 Å². The fraction of sp³-hybridized carbons (Fsp3) is 1.00. The SMILES string of the molecule is CCCCCCC(CN)N1CCCC(C)CC1. The highest BCUT2D eigenvalue weighted by Gasteiger charge is 2.20. The molecule has 2 heteroatoms. The van der Waals surface area contributed by atoms with E-state index in [4.69, 9.17) is 5.73 Å². The van der Waals surface area contributed by atoms with Gasteiger partial charge in [0.2, 0.25) is 0 Å². The molecule has 0 aromatic carbocycles. The molecule has 102 valence electrons. The highest BCUT2D eigenvalue weighted by Crippen LogP contribution is 2.20. The maximum absolute atomic E-state index is 5.96. The van der Waals surface area contributed by atoms with Gasteiger partial charge in [-0.3, -0.25) is 4.90 Å². The molecule has 0 aliphatic carbocycles. The first-order chi connectivity index (χ1) is 8.27. The molecular weight excluding hydrogens is 208 g/mol. The molecule has 1 aliphatic heterocycles. The fourth-order valence-electron chi connectivity index (χ4n) is 2.91. The largest absolute Gasteiger partial charge is 0.329 e. The van der Waals surface area contributed by atoms with E-state index >= 15 is 0 Å². The van der Waals surface area contributed by atoms with Gasteiger partial charge in [-0.25, -0.2) is 0 Å². The van der Waals surface area contributed by atoms with Crippen LogP contribution in [-0.4, -0.2) is 30.6 Å². The van der Waals surface area contributed by atoms with Gasteiger partial charge >= 0.3 is 0 Å². The van der Waals surface area contributed by atoms with Gasteiger partial charge in [0.1, 0.15) is 0 Å². The van der Waals surface area contributed by atoms with E-state index in [9.17, 15) is 0 Å². The second-order valence-electron chi connectivity index (χ2n) is 5.81. The molecule has 17 heavy (non-hydrogen) atoms. The molecule has 1 saturated heterocycles. The molecule has 2 unspecified atom stereocenters. The number of hydrogen-bond acceptors (Lipinski definition) is 2. The molecule has 0 aromatic heterocycles. The van der Waals surface area contributed by atoms with Crippen molar-refractivity contribution in [3.63, 3.8) is 0 Å². The van der Waals surface area contributed by atoms with Gasteiger partial charge in [0.25, 0.3) is 0 Å². The lowest BCUT2D eigenvalue weighted by molar-refractivity contribution is 0.192. The van der Waals surface area contributed by atoms with Crippen LogP contribution >= 0.6 is 0 Å². The van der Waals surface area contributed by atoms with Crippen LogP contribution in [0.2, 0.25) is 0 Å². The molecule has 2 atom stereocenters. The quantitative estimate of drug-likeness (QED) is 0.691. The van der Waals surface area contributed by atoms with Crippen LogP contribution < -0.4 is 5.73 Å². The summed E-state index contributed by atoms with van der Waals surface area (Å²) in [6.45, 7) is 8.07. The summed E-state index contributed by atoms with van der Waals surface area (Å²) in [5, 5.41) is 0. The first-order valence-corrected chi connectivity index (χ1v) is 7.72. The van der Waals surface area contributed by atoms with Crippen molar-refractivity contribution in [2.75, 3.05) is 19.6 Å². The monoisotopic (exact) mass is 240 g/mol. The van der Waals surface area contributed by atoms with Crippen LogP contribution in [0.5, 0.6) is 0 Å². The van der Waals surface area contributed by atoms with Gasteiger partial charge in [-0.2, -0.15) is 0 Å². The third-order valence-corrected chi connectivity index (χ3v) is 4.23. The molecule has 0 spiro atoms. The van der Waals surface area contributed by atoms with Crippen molar-refractivity contribution in [1.29, 1.82) is 0 Å². The average Bonchev–Trinajstić information content (AvgIpc) is 2.55. The Morgan fingerprint density at radius 2 is 2.00 bits per heavy atom. The Labute approximate surface area is 108 Å². The van der Waals surface area contributed by atoms with Gasteiger partial charge in [0.05, 0.1) is 0 Å². The first kappa shape index (κ1) is 15.0. The molecular formula is C15H32N2. The fourth-order valence-corrected chi connectivity index (χ4v) is 2.91. The standard InChI is InChI=1S/C15H32N2/c1-3-4-5-6-9-15(13-16)17-11-7-8-14(2)10-12-17/h14-15H,3-13,16H2,1-2H3. The topological polar surface area (TPSA) is 29.3 Å². The van der Waals surface area contributed by atoms with Gasteiger partial charge in [0.15, 0.2) is 0 Å². The smallest absolute Gasteiger partial charge is 0.0218 e. The first-order valence-electron chi connectivity index (χ1n) is 7.72. The van der Waals surface area contributed by atoms with Gasteiger partial charge in [-0.05, 0) is 44.7 Å².